The van der Waals surface area contributed by atoms with Crippen LogP contribution in [0.25, 0.3) is 0 Å². The molecule has 0 fully saturated rings. The second-order valence-electron chi connectivity index (χ2n) is 3.76. The maximum atomic E-state index is 13.8. The number of rotatable bonds is 5. The number of carbonyl (C=O) groups excluding carboxylic acids is 1. The monoisotopic (exact) mass is 342 g/mol. The molecule has 0 aromatic heterocycles. The summed E-state index contributed by atoms with van der Waals surface area (Å²) >= 11 is 2.75. The molecular weight excluding hydrogens is 332 g/mol. The van der Waals surface area contributed by atoms with Gasteiger partial charge < -0.3 is 4.74 Å². The maximum absolute atomic E-state index is 13.8. The highest BCUT2D eigenvalue weighted by atomic mass is 79.9. The van der Waals surface area contributed by atoms with Gasteiger partial charge in [0.1, 0.15) is 0 Å². The number of carbonyl (C=O) groups is 1. The van der Waals surface area contributed by atoms with Crippen molar-refractivity contribution in [1.82, 2.24) is 0 Å². The summed E-state index contributed by atoms with van der Waals surface area (Å²) in [5.41, 5.74) is -0.698. The molecule has 0 heterocycles. The molecule has 0 bridgehead atoms. The van der Waals surface area contributed by atoms with Crippen LogP contribution in [-0.4, -0.2) is 12.6 Å². The smallest absolute Gasteiger partial charge is 0.306 e. The van der Waals surface area contributed by atoms with Crippen LogP contribution in [0.2, 0.25) is 0 Å². The van der Waals surface area contributed by atoms with E-state index in [0.717, 1.165) is 0 Å². The Morgan fingerprint density at radius 1 is 1.32 bits per heavy atom. The van der Waals surface area contributed by atoms with Gasteiger partial charge in [0.25, 0.3) is 5.92 Å². The van der Waals surface area contributed by atoms with Gasteiger partial charge in [0.05, 0.1) is 13.0 Å². The van der Waals surface area contributed by atoms with Crippen LogP contribution in [0.4, 0.5) is 17.6 Å². The zero-order valence-electron chi connectivity index (χ0n) is 9.98. The lowest BCUT2D eigenvalue weighted by Gasteiger charge is -2.18. The van der Waals surface area contributed by atoms with Crippen LogP contribution in [0.15, 0.2) is 16.6 Å². The summed E-state index contributed by atoms with van der Waals surface area (Å²) in [6.45, 7) is 1.65. The Bertz CT molecular complexity index is 477. The number of alkyl halides is 2. The molecule has 0 aliphatic heterocycles. The Hall–Kier alpha value is -1.11. The van der Waals surface area contributed by atoms with E-state index in [2.05, 4.69) is 20.7 Å². The number of halogens is 5. The summed E-state index contributed by atoms with van der Waals surface area (Å²) < 4.78 is 57.7. The molecule has 0 saturated carbocycles. The molecule has 0 radical (unpaired) electrons. The van der Waals surface area contributed by atoms with Gasteiger partial charge in [-0.1, -0.05) is 15.9 Å². The molecule has 1 aromatic rings. The van der Waals surface area contributed by atoms with Crippen molar-refractivity contribution in [2.75, 3.05) is 6.61 Å². The average Bonchev–Trinajstić information content (AvgIpc) is 2.31. The third-order valence-electron chi connectivity index (χ3n) is 2.35. The van der Waals surface area contributed by atoms with Crippen LogP contribution in [0, 0.1) is 11.6 Å². The number of esters is 1. The first-order chi connectivity index (χ1) is 8.77. The molecule has 0 N–H and O–H groups in total. The summed E-state index contributed by atoms with van der Waals surface area (Å²) in [4.78, 5) is 11.0. The zero-order valence-corrected chi connectivity index (χ0v) is 11.6. The summed E-state index contributed by atoms with van der Waals surface area (Å²) in [6, 6.07) is 1.05. The maximum Gasteiger partial charge on any atom is 0.306 e. The van der Waals surface area contributed by atoms with Crippen molar-refractivity contribution in [3.63, 3.8) is 0 Å². The molecule has 19 heavy (non-hydrogen) atoms. The predicted octanol–water partition coefficient (Wildman–Crippen LogP) is 4.16. The Balaban J connectivity index is 2.88. The molecule has 0 spiro atoms. The van der Waals surface area contributed by atoms with Gasteiger partial charge in [0, 0.05) is 16.5 Å². The van der Waals surface area contributed by atoms with Crippen molar-refractivity contribution in [2.45, 2.75) is 25.7 Å². The second kappa shape index (κ2) is 6.36. The summed E-state index contributed by atoms with van der Waals surface area (Å²) in [5, 5.41) is 0. The molecule has 0 saturated heterocycles. The molecule has 0 aliphatic carbocycles. The topological polar surface area (TPSA) is 26.3 Å². The van der Waals surface area contributed by atoms with Crippen molar-refractivity contribution >= 4 is 21.9 Å². The van der Waals surface area contributed by atoms with E-state index in [0.29, 0.717) is 12.1 Å². The molecule has 1 aromatic carbocycles. The number of hydrogen-bond donors (Lipinski definition) is 0. The van der Waals surface area contributed by atoms with Gasteiger partial charge in [-0.05, 0) is 19.1 Å². The van der Waals surface area contributed by atoms with Gasteiger partial charge in [-0.3, -0.25) is 4.79 Å². The fourth-order valence-corrected chi connectivity index (χ4v) is 2.04. The molecule has 0 amide bonds. The lowest BCUT2D eigenvalue weighted by atomic mass is 10.0. The molecular formula is C12H11BrF4O2. The van der Waals surface area contributed by atoms with Crippen LogP contribution in [0.5, 0.6) is 0 Å². The number of ether oxygens (including phenoxy) is 1. The SMILES string of the molecule is CCOC(=O)CCC(F)(F)c1cc(F)c(F)cc1Br. The minimum Gasteiger partial charge on any atom is -0.466 e. The Morgan fingerprint density at radius 2 is 1.89 bits per heavy atom. The van der Waals surface area contributed by atoms with Gasteiger partial charge >= 0.3 is 5.97 Å². The van der Waals surface area contributed by atoms with E-state index in [-0.39, 0.29) is 11.1 Å². The fraction of sp³-hybridized carbons (Fsp3) is 0.417. The molecule has 1 rings (SSSR count). The molecule has 2 nitrogen and oxygen atoms in total. The predicted molar refractivity (Wildman–Crippen MR) is 63.8 cm³/mol. The van der Waals surface area contributed by atoms with Crippen LogP contribution in [0.1, 0.15) is 25.3 Å². The third kappa shape index (κ3) is 4.19. The van der Waals surface area contributed by atoms with Crippen molar-refractivity contribution in [1.29, 1.82) is 0 Å². The van der Waals surface area contributed by atoms with Gasteiger partial charge in [-0.15, -0.1) is 0 Å². The number of hydrogen-bond acceptors (Lipinski definition) is 2. The molecule has 0 aliphatic rings. The van der Waals surface area contributed by atoms with Gasteiger partial charge in [-0.2, -0.15) is 0 Å². The highest BCUT2D eigenvalue weighted by molar-refractivity contribution is 9.10. The van der Waals surface area contributed by atoms with Crippen molar-refractivity contribution < 1.29 is 27.1 Å². The third-order valence-corrected chi connectivity index (χ3v) is 3.01. The van der Waals surface area contributed by atoms with Crippen LogP contribution in [0.3, 0.4) is 0 Å². The molecule has 7 heteroatoms. The summed E-state index contributed by atoms with van der Waals surface area (Å²) in [6.07, 6.45) is -1.35. The lowest BCUT2D eigenvalue weighted by Crippen LogP contribution is -2.18. The van der Waals surface area contributed by atoms with E-state index in [1.165, 1.54) is 0 Å². The van der Waals surface area contributed by atoms with Crippen molar-refractivity contribution in [2.24, 2.45) is 0 Å². The minimum atomic E-state index is -3.46. The summed E-state index contributed by atoms with van der Waals surface area (Å²) in [7, 11) is 0. The Kier molecular flexibility index (Phi) is 5.34. The second-order valence-corrected chi connectivity index (χ2v) is 4.61. The van der Waals surface area contributed by atoms with Crippen LogP contribution < -0.4 is 0 Å². The van der Waals surface area contributed by atoms with Crippen LogP contribution >= 0.6 is 15.9 Å². The van der Waals surface area contributed by atoms with E-state index < -0.39 is 41.9 Å². The molecule has 0 atom stereocenters. The first-order valence-corrected chi connectivity index (χ1v) is 6.25. The fourth-order valence-electron chi connectivity index (χ4n) is 1.43. The van der Waals surface area contributed by atoms with Gasteiger partial charge in [0.2, 0.25) is 0 Å². The van der Waals surface area contributed by atoms with E-state index in [1.54, 1.807) is 6.92 Å². The Labute approximate surface area is 115 Å². The first kappa shape index (κ1) is 15.9. The highest BCUT2D eigenvalue weighted by Gasteiger charge is 2.35. The molecule has 106 valence electrons. The normalized spacial score (nSPS) is 11.5. The van der Waals surface area contributed by atoms with E-state index >= 15 is 0 Å². The van der Waals surface area contributed by atoms with E-state index in [4.69, 9.17) is 0 Å². The van der Waals surface area contributed by atoms with E-state index in [9.17, 15) is 22.4 Å². The van der Waals surface area contributed by atoms with Crippen molar-refractivity contribution in [3.8, 4) is 0 Å². The van der Waals surface area contributed by atoms with Gasteiger partial charge in [-0.25, -0.2) is 17.6 Å². The Morgan fingerprint density at radius 3 is 2.47 bits per heavy atom. The largest absolute Gasteiger partial charge is 0.466 e. The van der Waals surface area contributed by atoms with Crippen LogP contribution in [-0.2, 0) is 15.5 Å². The highest BCUT2D eigenvalue weighted by Crippen LogP contribution is 2.38. The summed E-state index contributed by atoms with van der Waals surface area (Å²) in [5.74, 6) is -6.81. The number of benzene rings is 1. The minimum absolute atomic E-state index is 0.0965. The lowest BCUT2D eigenvalue weighted by molar-refractivity contribution is -0.145. The van der Waals surface area contributed by atoms with Gasteiger partial charge in [0.15, 0.2) is 11.6 Å². The molecule has 0 unspecified atom stereocenters. The van der Waals surface area contributed by atoms with E-state index in [1.807, 2.05) is 0 Å². The quantitative estimate of drug-likeness (QED) is 0.456. The first-order valence-electron chi connectivity index (χ1n) is 5.46. The standard InChI is InChI=1S/C12H11BrF4O2/c1-2-19-11(18)3-4-12(16,17)7-5-9(14)10(15)6-8(7)13/h5-6H,2-4H2,1H3. The zero-order chi connectivity index (χ0) is 14.6. The van der Waals surface area contributed by atoms with Crippen molar-refractivity contribution in [3.05, 3.63) is 33.8 Å². The average molecular weight is 343 g/mol.